The van der Waals surface area contributed by atoms with Crippen molar-refractivity contribution < 1.29 is 0 Å². The lowest BCUT2D eigenvalue weighted by molar-refractivity contribution is 0.432. The molecule has 0 radical (unpaired) electrons. The number of hydrogen-bond donors (Lipinski definition) is 1. The van der Waals surface area contributed by atoms with Crippen molar-refractivity contribution in [2.75, 3.05) is 0 Å². The Balaban J connectivity index is 2.55. The van der Waals surface area contributed by atoms with E-state index >= 15 is 0 Å². The minimum absolute atomic E-state index is 0.454. The van der Waals surface area contributed by atoms with Gasteiger partial charge in [0, 0.05) is 12.1 Å². The van der Waals surface area contributed by atoms with E-state index < -0.39 is 0 Å². The van der Waals surface area contributed by atoms with Crippen LogP contribution in [0.1, 0.15) is 70.5 Å². The molecule has 0 amide bonds. The van der Waals surface area contributed by atoms with Crippen LogP contribution in [-0.4, -0.2) is 6.04 Å². The first-order valence-electron chi connectivity index (χ1n) is 7.56. The quantitative estimate of drug-likeness (QED) is 0.691. The lowest BCUT2D eigenvalue weighted by atomic mass is 10.0. The molecule has 1 nitrogen and oxygen atoms in total. The summed E-state index contributed by atoms with van der Waals surface area (Å²) in [7, 11) is 0. The van der Waals surface area contributed by atoms with E-state index in [0.29, 0.717) is 12.1 Å². The molecule has 0 aliphatic rings. The van der Waals surface area contributed by atoms with Crippen LogP contribution in [0.15, 0.2) is 24.3 Å². The largest absolute Gasteiger partial charge is 0.307 e. The summed E-state index contributed by atoms with van der Waals surface area (Å²) in [5.41, 5.74) is 2.87. The number of hydrogen-bond acceptors (Lipinski definition) is 1. The molecular formula is C17H29N. The summed E-state index contributed by atoms with van der Waals surface area (Å²) in [6.45, 7) is 9.01. The second-order valence-electron chi connectivity index (χ2n) is 5.25. The van der Waals surface area contributed by atoms with Crippen molar-refractivity contribution in [3.05, 3.63) is 35.4 Å². The Morgan fingerprint density at radius 2 is 1.61 bits per heavy atom. The molecule has 0 saturated heterocycles. The van der Waals surface area contributed by atoms with E-state index in [2.05, 4.69) is 57.3 Å². The highest BCUT2D eigenvalue weighted by molar-refractivity contribution is 5.24. The highest BCUT2D eigenvalue weighted by Crippen LogP contribution is 2.16. The number of rotatable bonds is 8. The fourth-order valence-electron chi connectivity index (χ4n) is 2.33. The first-order valence-corrected chi connectivity index (χ1v) is 7.56. The molecule has 0 saturated carbocycles. The van der Waals surface area contributed by atoms with Gasteiger partial charge in [-0.1, -0.05) is 51.5 Å². The third-order valence-corrected chi connectivity index (χ3v) is 3.77. The van der Waals surface area contributed by atoms with Crippen LogP contribution >= 0.6 is 0 Å². The first-order chi connectivity index (χ1) is 8.71. The molecule has 0 aliphatic heterocycles. The van der Waals surface area contributed by atoms with Crippen molar-refractivity contribution in [1.82, 2.24) is 5.32 Å². The van der Waals surface area contributed by atoms with Gasteiger partial charge in [0.15, 0.2) is 0 Å². The van der Waals surface area contributed by atoms with Crippen molar-refractivity contribution in [1.29, 1.82) is 0 Å². The maximum atomic E-state index is 3.70. The zero-order valence-corrected chi connectivity index (χ0v) is 12.5. The molecule has 1 N–H and O–H groups in total. The number of aryl methyl sites for hydroxylation is 1. The highest BCUT2D eigenvalue weighted by Gasteiger charge is 2.09. The average Bonchev–Trinajstić information content (AvgIpc) is 2.42. The molecule has 1 aromatic carbocycles. The van der Waals surface area contributed by atoms with Crippen molar-refractivity contribution in [3.63, 3.8) is 0 Å². The van der Waals surface area contributed by atoms with Crippen LogP contribution in [0.4, 0.5) is 0 Å². The summed E-state index contributed by atoms with van der Waals surface area (Å²) < 4.78 is 0. The van der Waals surface area contributed by atoms with E-state index in [4.69, 9.17) is 0 Å². The Hall–Kier alpha value is -0.820. The van der Waals surface area contributed by atoms with E-state index in [1.165, 1.54) is 43.2 Å². The van der Waals surface area contributed by atoms with Crippen LogP contribution in [0, 0.1) is 0 Å². The minimum atomic E-state index is 0.454. The summed E-state index contributed by atoms with van der Waals surface area (Å²) in [4.78, 5) is 0. The molecule has 1 heteroatoms. The van der Waals surface area contributed by atoms with Crippen LogP contribution in [0.2, 0.25) is 0 Å². The predicted molar refractivity (Wildman–Crippen MR) is 81.0 cm³/mol. The summed E-state index contributed by atoms with van der Waals surface area (Å²) in [5, 5.41) is 3.70. The third kappa shape index (κ3) is 4.81. The molecule has 102 valence electrons. The predicted octanol–water partition coefficient (Wildman–Crippen LogP) is 4.87. The van der Waals surface area contributed by atoms with Gasteiger partial charge in [-0.3, -0.25) is 0 Å². The average molecular weight is 247 g/mol. The standard InChI is InChI=1S/C17H29N/c1-5-8-9-15-10-12-16(13-11-15)14(4)18-17(6-2)7-3/h10-14,17-18H,5-9H2,1-4H3. The molecule has 0 aromatic heterocycles. The molecule has 0 spiro atoms. The van der Waals surface area contributed by atoms with Crippen molar-refractivity contribution in [2.24, 2.45) is 0 Å². The van der Waals surface area contributed by atoms with Gasteiger partial charge in [-0.15, -0.1) is 0 Å². The molecule has 1 aromatic rings. The van der Waals surface area contributed by atoms with Gasteiger partial charge in [0.2, 0.25) is 0 Å². The maximum Gasteiger partial charge on any atom is 0.0294 e. The zero-order valence-electron chi connectivity index (χ0n) is 12.5. The van der Waals surface area contributed by atoms with Crippen LogP contribution in [-0.2, 0) is 6.42 Å². The van der Waals surface area contributed by atoms with Gasteiger partial charge in [0.25, 0.3) is 0 Å². The van der Waals surface area contributed by atoms with Crippen LogP contribution < -0.4 is 5.32 Å². The summed E-state index contributed by atoms with van der Waals surface area (Å²) in [6.07, 6.45) is 6.19. The molecule has 0 aliphatic carbocycles. The number of benzene rings is 1. The van der Waals surface area contributed by atoms with Gasteiger partial charge in [0.05, 0.1) is 0 Å². The van der Waals surface area contributed by atoms with Gasteiger partial charge in [-0.2, -0.15) is 0 Å². The van der Waals surface area contributed by atoms with E-state index in [9.17, 15) is 0 Å². The Labute approximate surface area is 113 Å². The molecule has 0 bridgehead atoms. The van der Waals surface area contributed by atoms with Gasteiger partial charge < -0.3 is 5.32 Å². The molecule has 18 heavy (non-hydrogen) atoms. The van der Waals surface area contributed by atoms with E-state index in [1.54, 1.807) is 0 Å². The highest BCUT2D eigenvalue weighted by atomic mass is 14.9. The normalized spacial score (nSPS) is 12.9. The fourth-order valence-corrected chi connectivity index (χ4v) is 2.33. The minimum Gasteiger partial charge on any atom is -0.307 e. The van der Waals surface area contributed by atoms with Gasteiger partial charge in [0.1, 0.15) is 0 Å². The Bertz CT molecular complexity index is 311. The monoisotopic (exact) mass is 247 g/mol. The Morgan fingerprint density at radius 1 is 1.00 bits per heavy atom. The molecule has 1 unspecified atom stereocenters. The maximum absolute atomic E-state index is 3.70. The van der Waals surface area contributed by atoms with Gasteiger partial charge in [-0.25, -0.2) is 0 Å². The lowest BCUT2D eigenvalue weighted by Gasteiger charge is -2.21. The van der Waals surface area contributed by atoms with E-state index in [-0.39, 0.29) is 0 Å². The topological polar surface area (TPSA) is 12.0 Å². The van der Waals surface area contributed by atoms with E-state index in [0.717, 1.165) is 0 Å². The van der Waals surface area contributed by atoms with Crippen molar-refractivity contribution >= 4 is 0 Å². The molecule has 0 fully saturated rings. The van der Waals surface area contributed by atoms with Gasteiger partial charge >= 0.3 is 0 Å². The number of nitrogens with one attached hydrogen (secondary N) is 1. The summed E-state index contributed by atoms with van der Waals surface area (Å²) in [6, 6.07) is 10.2. The third-order valence-electron chi connectivity index (χ3n) is 3.77. The smallest absolute Gasteiger partial charge is 0.0294 e. The van der Waals surface area contributed by atoms with E-state index in [1.807, 2.05) is 0 Å². The summed E-state index contributed by atoms with van der Waals surface area (Å²) >= 11 is 0. The lowest BCUT2D eigenvalue weighted by Crippen LogP contribution is -2.30. The molecular weight excluding hydrogens is 218 g/mol. The SMILES string of the molecule is CCCCc1ccc(C(C)NC(CC)CC)cc1. The first kappa shape index (κ1) is 15.2. The molecule has 0 heterocycles. The zero-order chi connectivity index (χ0) is 13.4. The van der Waals surface area contributed by atoms with Gasteiger partial charge in [-0.05, 0) is 43.7 Å². The van der Waals surface area contributed by atoms with Crippen LogP contribution in [0.3, 0.4) is 0 Å². The van der Waals surface area contributed by atoms with Crippen molar-refractivity contribution in [3.8, 4) is 0 Å². The van der Waals surface area contributed by atoms with Crippen molar-refractivity contribution in [2.45, 2.75) is 71.9 Å². The van der Waals surface area contributed by atoms with Crippen LogP contribution in [0.25, 0.3) is 0 Å². The van der Waals surface area contributed by atoms with Crippen LogP contribution in [0.5, 0.6) is 0 Å². The second-order valence-corrected chi connectivity index (χ2v) is 5.25. The molecule has 1 atom stereocenters. The fraction of sp³-hybridized carbons (Fsp3) is 0.647. The second kappa shape index (κ2) is 8.31. The Kier molecular flexibility index (Phi) is 7.04. The number of unbranched alkanes of at least 4 members (excludes halogenated alkanes) is 1. The summed E-state index contributed by atoms with van der Waals surface area (Å²) in [5.74, 6) is 0. The Morgan fingerprint density at radius 3 is 2.11 bits per heavy atom. The molecule has 1 rings (SSSR count).